The number of hydrogen-bond acceptors (Lipinski definition) is 7. The molecular weight excluding hydrogens is 424 g/mol. The van der Waals surface area contributed by atoms with E-state index < -0.39 is 0 Å². The van der Waals surface area contributed by atoms with Gasteiger partial charge in [-0.2, -0.15) is 0 Å². The standard InChI is InChI=1S/C24H28N4O3S/c1-17(18-6-7-20-21(14-18)31-13-12-30-20)25-23(29)15-27-8-10-28(11-9-27)16-24-26-19-4-2-3-5-22(19)32-24/h2-7,14,17H,8-13,15-16H2,1H3,(H,25,29)/t17-/m1/s1. The zero-order valence-corrected chi connectivity index (χ0v) is 19.1. The Kier molecular flexibility index (Phi) is 6.25. The zero-order chi connectivity index (χ0) is 21.9. The average molecular weight is 453 g/mol. The molecule has 1 saturated heterocycles. The molecule has 0 saturated carbocycles. The SMILES string of the molecule is C[C@@H](NC(=O)CN1CCN(Cc2nc3ccccc3s2)CC1)c1ccc2c(c1)OCCO2. The van der Waals surface area contributed by atoms with E-state index in [0.717, 1.165) is 60.3 Å². The summed E-state index contributed by atoms with van der Waals surface area (Å²) in [4.78, 5) is 22.0. The van der Waals surface area contributed by atoms with E-state index in [9.17, 15) is 4.79 Å². The van der Waals surface area contributed by atoms with E-state index in [0.29, 0.717) is 19.8 Å². The van der Waals surface area contributed by atoms with E-state index in [1.54, 1.807) is 11.3 Å². The van der Waals surface area contributed by atoms with Crippen LogP contribution in [0.2, 0.25) is 0 Å². The number of ether oxygens (including phenoxy) is 2. The molecule has 2 aliphatic rings. The third-order valence-electron chi connectivity index (χ3n) is 5.97. The molecule has 0 radical (unpaired) electrons. The molecule has 0 unspecified atom stereocenters. The van der Waals surface area contributed by atoms with Crippen LogP contribution in [0.5, 0.6) is 11.5 Å². The number of piperazine rings is 1. The summed E-state index contributed by atoms with van der Waals surface area (Å²) in [6.45, 7) is 8.09. The van der Waals surface area contributed by atoms with Gasteiger partial charge in [-0.3, -0.25) is 14.6 Å². The highest BCUT2D eigenvalue weighted by atomic mass is 32.1. The number of para-hydroxylation sites is 1. The highest BCUT2D eigenvalue weighted by molar-refractivity contribution is 7.18. The first-order chi connectivity index (χ1) is 15.6. The second-order valence-corrected chi connectivity index (χ2v) is 9.44. The minimum atomic E-state index is -0.0846. The van der Waals surface area contributed by atoms with Crippen LogP contribution in [0.3, 0.4) is 0 Å². The van der Waals surface area contributed by atoms with Gasteiger partial charge in [0.2, 0.25) is 5.91 Å². The zero-order valence-electron chi connectivity index (χ0n) is 18.3. The van der Waals surface area contributed by atoms with E-state index in [4.69, 9.17) is 14.5 Å². The van der Waals surface area contributed by atoms with E-state index >= 15 is 0 Å². The Hall–Kier alpha value is -2.68. The molecule has 1 fully saturated rings. The van der Waals surface area contributed by atoms with Crippen LogP contribution in [0.4, 0.5) is 0 Å². The van der Waals surface area contributed by atoms with Crippen molar-refractivity contribution >= 4 is 27.5 Å². The summed E-state index contributed by atoms with van der Waals surface area (Å²) in [5, 5.41) is 4.28. The van der Waals surface area contributed by atoms with E-state index in [2.05, 4.69) is 33.3 Å². The van der Waals surface area contributed by atoms with Crippen molar-refractivity contribution in [3.05, 3.63) is 53.0 Å². The van der Waals surface area contributed by atoms with Crippen LogP contribution in [-0.4, -0.2) is 66.6 Å². The normalized spacial score (nSPS) is 17.9. The number of aromatic nitrogens is 1. The number of thiazole rings is 1. The van der Waals surface area contributed by atoms with Crippen molar-refractivity contribution in [2.45, 2.75) is 19.5 Å². The molecule has 1 aromatic heterocycles. The maximum Gasteiger partial charge on any atom is 0.234 e. The number of carbonyl (C=O) groups excluding carboxylic acids is 1. The molecule has 1 atom stereocenters. The molecule has 0 aliphatic carbocycles. The fraction of sp³-hybridized carbons (Fsp3) is 0.417. The van der Waals surface area contributed by atoms with Crippen LogP contribution in [0.1, 0.15) is 23.5 Å². The van der Waals surface area contributed by atoms with Gasteiger partial charge in [0.15, 0.2) is 11.5 Å². The van der Waals surface area contributed by atoms with Gasteiger partial charge < -0.3 is 14.8 Å². The third kappa shape index (κ3) is 4.87. The quantitative estimate of drug-likeness (QED) is 0.620. The minimum Gasteiger partial charge on any atom is -0.486 e. The predicted octanol–water partition coefficient (Wildman–Crippen LogP) is 3.06. The molecule has 168 valence electrons. The van der Waals surface area contributed by atoms with Crippen LogP contribution in [0, 0.1) is 0 Å². The monoisotopic (exact) mass is 452 g/mol. The molecule has 5 rings (SSSR count). The van der Waals surface area contributed by atoms with Crippen molar-refractivity contribution in [1.29, 1.82) is 0 Å². The van der Waals surface area contributed by atoms with Gasteiger partial charge in [-0.15, -0.1) is 11.3 Å². The smallest absolute Gasteiger partial charge is 0.234 e. The highest BCUT2D eigenvalue weighted by Gasteiger charge is 2.21. The van der Waals surface area contributed by atoms with Gasteiger partial charge in [0.1, 0.15) is 18.2 Å². The lowest BCUT2D eigenvalue weighted by molar-refractivity contribution is -0.123. The van der Waals surface area contributed by atoms with Gasteiger partial charge in [0.05, 0.1) is 29.3 Å². The molecule has 8 heteroatoms. The summed E-state index contributed by atoms with van der Waals surface area (Å²) in [6, 6.07) is 14.1. The van der Waals surface area contributed by atoms with Crippen molar-refractivity contribution in [3.8, 4) is 11.5 Å². The predicted molar refractivity (Wildman–Crippen MR) is 125 cm³/mol. The van der Waals surface area contributed by atoms with Crippen LogP contribution in [-0.2, 0) is 11.3 Å². The molecule has 32 heavy (non-hydrogen) atoms. The lowest BCUT2D eigenvalue weighted by Crippen LogP contribution is -2.49. The molecule has 1 N–H and O–H groups in total. The molecule has 1 amide bonds. The van der Waals surface area contributed by atoms with Gasteiger partial charge in [0.25, 0.3) is 0 Å². The fourth-order valence-electron chi connectivity index (χ4n) is 4.19. The first kappa shape index (κ1) is 21.2. The molecule has 2 aromatic carbocycles. The number of hydrogen-bond donors (Lipinski definition) is 1. The first-order valence-corrected chi connectivity index (χ1v) is 11.9. The summed E-state index contributed by atoms with van der Waals surface area (Å²) < 4.78 is 12.5. The van der Waals surface area contributed by atoms with Gasteiger partial charge in [-0.25, -0.2) is 4.98 Å². The van der Waals surface area contributed by atoms with E-state index in [-0.39, 0.29) is 11.9 Å². The van der Waals surface area contributed by atoms with Crippen molar-refractivity contribution < 1.29 is 14.3 Å². The van der Waals surface area contributed by atoms with Crippen molar-refractivity contribution in [2.24, 2.45) is 0 Å². The highest BCUT2D eigenvalue weighted by Crippen LogP contribution is 2.32. The average Bonchev–Trinajstić information content (AvgIpc) is 3.22. The Morgan fingerprint density at radius 3 is 2.62 bits per heavy atom. The Morgan fingerprint density at radius 1 is 1.06 bits per heavy atom. The first-order valence-electron chi connectivity index (χ1n) is 11.1. The molecule has 2 aliphatic heterocycles. The van der Waals surface area contributed by atoms with Crippen molar-refractivity contribution in [3.63, 3.8) is 0 Å². The summed E-state index contributed by atoms with van der Waals surface area (Å²) in [7, 11) is 0. The van der Waals surface area contributed by atoms with Gasteiger partial charge in [-0.05, 0) is 36.8 Å². The Bertz CT molecular complexity index is 1060. The maximum absolute atomic E-state index is 12.6. The van der Waals surface area contributed by atoms with Crippen molar-refractivity contribution in [1.82, 2.24) is 20.1 Å². The summed E-state index contributed by atoms with van der Waals surface area (Å²) >= 11 is 1.77. The molecule has 3 aromatic rings. The molecule has 0 spiro atoms. The Labute approximate surface area is 191 Å². The molecular formula is C24H28N4O3S. The molecule has 3 heterocycles. The van der Waals surface area contributed by atoms with Crippen LogP contribution < -0.4 is 14.8 Å². The minimum absolute atomic E-state index is 0.0482. The summed E-state index contributed by atoms with van der Waals surface area (Å²) in [5.41, 5.74) is 2.10. The van der Waals surface area contributed by atoms with Crippen LogP contribution in [0.25, 0.3) is 10.2 Å². The van der Waals surface area contributed by atoms with Crippen molar-refractivity contribution in [2.75, 3.05) is 45.9 Å². The maximum atomic E-state index is 12.6. The van der Waals surface area contributed by atoms with Gasteiger partial charge >= 0.3 is 0 Å². The topological polar surface area (TPSA) is 66.9 Å². The Morgan fingerprint density at radius 2 is 1.81 bits per heavy atom. The van der Waals surface area contributed by atoms with Crippen LogP contribution >= 0.6 is 11.3 Å². The summed E-state index contributed by atoms with van der Waals surface area (Å²) in [5.74, 6) is 1.56. The summed E-state index contributed by atoms with van der Waals surface area (Å²) in [6.07, 6.45) is 0. The van der Waals surface area contributed by atoms with Crippen LogP contribution in [0.15, 0.2) is 42.5 Å². The number of carbonyl (C=O) groups is 1. The number of nitrogens with zero attached hydrogens (tertiary/aromatic N) is 3. The molecule has 7 nitrogen and oxygen atoms in total. The van der Waals surface area contributed by atoms with E-state index in [1.807, 2.05) is 31.2 Å². The molecule has 0 bridgehead atoms. The number of rotatable bonds is 6. The van der Waals surface area contributed by atoms with Gasteiger partial charge in [0, 0.05) is 26.2 Å². The number of nitrogens with one attached hydrogen (secondary N) is 1. The number of benzene rings is 2. The third-order valence-corrected chi connectivity index (χ3v) is 6.99. The number of fused-ring (bicyclic) bond motifs is 2. The largest absolute Gasteiger partial charge is 0.486 e. The number of amides is 1. The lowest BCUT2D eigenvalue weighted by atomic mass is 10.1. The second kappa shape index (κ2) is 9.44. The lowest BCUT2D eigenvalue weighted by Gasteiger charge is -2.34. The van der Waals surface area contributed by atoms with Gasteiger partial charge in [-0.1, -0.05) is 18.2 Å². The Balaban J connectivity index is 1.09. The van der Waals surface area contributed by atoms with E-state index in [1.165, 1.54) is 4.70 Å². The fourth-order valence-corrected chi connectivity index (χ4v) is 5.20. The second-order valence-electron chi connectivity index (χ2n) is 8.32.